The van der Waals surface area contributed by atoms with Crippen LogP contribution < -0.4 is 20.3 Å². The van der Waals surface area contributed by atoms with E-state index in [1.165, 1.54) is 18.3 Å². The van der Waals surface area contributed by atoms with Crippen LogP contribution in [0.4, 0.5) is 23.8 Å². The van der Waals surface area contributed by atoms with Gasteiger partial charge >= 0.3 is 12.2 Å². The fourth-order valence-corrected chi connectivity index (χ4v) is 3.47. The van der Waals surface area contributed by atoms with Crippen LogP contribution in [-0.4, -0.2) is 35.6 Å². The number of pyridine rings is 1. The molecule has 152 valence electrons. The summed E-state index contributed by atoms with van der Waals surface area (Å²) in [6, 6.07) is 7.37. The summed E-state index contributed by atoms with van der Waals surface area (Å²) in [5.74, 6) is 1.06. The summed E-state index contributed by atoms with van der Waals surface area (Å²) < 4.78 is 43.4. The summed E-state index contributed by atoms with van der Waals surface area (Å²) in [7, 11) is 0. The average molecular weight is 406 g/mol. The SMILES string of the molecule is O=C1NC(=O)C2(CCN(c3ccc(Oc4ccc(C(F)(F)F)cc4)cn3)CC2)N1. The predicted octanol–water partition coefficient (Wildman–Crippen LogP) is 3.07. The van der Waals surface area contributed by atoms with Gasteiger partial charge in [-0.25, -0.2) is 9.78 Å². The van der Waals surface area contributed by atoms with Crippen molar-refractivity contribution in [1.82, 2.24) is 15.6 Å². The smallest absolute Gasteiger partial charge is 0.416 e. The molecule has 0 saturated carbocycles. The van der Waals surface area contributed by atoms with Crippen molar-refractivity contribution in [3.8, 4) is 11.5 Å². The highest BCUT2D eigenvalue weighted by Crippen LogP contribution is 2.32. The van der Waals surface area contributed by atoms with E-state index in [0.717, 1.165) is 12.1 Å². The number of carbonyl (C=O) groups is 2. The van der Waals surface area contributed by atoms with E-state index in [1.807, 2.05) is 4.90 Å². The molecule has 2 aliphatic rings. The maximum absolute atomic E-state index is 12.6. The molecule has 0 radical (unpaired) electrons. The normalized spacial score (nSPS) is 18.5. The molecule has 2 N–H and O–H groups in total. The molecule has 2 aromatic rings. The fourth-order valence-electron chi connectivity index (χ4n) is 3.47. The molecule has 0 atom stereocenters. The van der Waals surface area contributed by atoms with E-state index in [2.05, 4.69) is 15.6 Å². The first-order valence-corrected chi connectivity index (χ1v) is 8.95. The summed E-state index contributed by atoms with van der Waals surface area (Å²) in [4.78, 5) is 29.7. The fraction of sp³-hybridized carbons (Fsp3) is 0.316. The molecular formula is C19H17F3N4O3. The van der Waals surface area contributed by atoms with Gasteiger partial charge in [0, 0.05) is 13.1 Å². The van der Waals surface area contributed by atoms with Crippen molar-refractivity contribution < 1.29 is 27.5 Å². The quantitative estimate of drug-likeness (QED) is 0.766. The van der Waals surface area contributed by atoms with Gasteiger partial charge in [0.05, 0.1) is 11.8 Å². The van der Waals surface area contributed by atoms with Gasteiger partial charge in [-0.2, -0.15) is 13.2 Å². The van der Waals surface area contributed by atoms with Crippen LogP contribution in [0.2, 0.25) is 0 Å². The Morgan fingerprint density at radius 2 is 1.66 bits per heavy atom. The molecule has 2 fully saturated rings. The van der Waals surface area contributed by atoms with Crippen LogP contribution in [0.25, 0.3) is 0 Å². The number of ether oxygens (including phenoxy) is 1. The molecule has 0 aliphatic carbocycles. The maximum Gasteiger partial charge on any atom is 0.416 e. The summed E-state index contributed by atoms with van der Waals surface area (Å²) in [5, 5.41) is 4.98. The van der Waals surface area contributed by atoms with E-state index >= 15 is 0 Å². The van der Waals surface area contributed by atoms with Gasteiger partial charge in [-0.3, -0.25) is 10.1 Å². The summed E-state index contributed by atoms with van der Waals surface area (Å²) >= 11 is 0. The lowest BCUT2D eigenvalue weighted by Gasteiger charge is -2.37. The number of hydrogen-bond donors (Lipinski definition) is 2. The van der Waals surface area contributed by atoms with Gasteiger partial charge in [0.1, 0.15) is 22.9 Å². The molecule has 2 saturated heterocycles. The molecule has 29 heavy (non-hydrogen) atoms. The molecule has 1 aromatic heterocycles. The number of hydrogen-bond acceptors (Lipinski definition) is 5. The predicted molar refractivity (Wildman–Crippen MR) is 96.6 cm³/mol. The molecule has 7 nitrogen and oxygen atoms in total. The van der Waals surface area contributed by atoms with Gasteiger partial charge < -0.3 is 15.0 Å². The molecule has 3 amide bonds. The zero-order valence-electron chi connectivity index (χ0n) is 15.1. The number of nitrogens with zero attached hydrogens (tertiary/aromatic N) is 2. The highest BCUT2D eigenvalue weighted by atomic mass is 19.4. The minimum atomic E-state index is -4.39. The molecule has 2 aliphatic heterocycles. The van der Waals surface area contributed by atoms with E-state index in [1.54, 1.807) is 12.1 Å². The van der Waals surface area contributed by atoms with Gasteiger partial charge in [0.2, 0.25) is 0 Å². The maximum atomic E-state index is 12.6. The highest BCUT2D eigenvalue weighted by Gasteiger charge is 2.47. The number of nitrogens with one attached hydrogen (secondary N) is 2. The first-order chi connectivity index (χ1) is 13.7. The summed E-state index contributed by atoms with van der Waals surface area (Å²) in [6.07, 6.45) is -1.97. The van der Waals surface area contributed by atoms with E-state index in [4.69, 9.17) is 4.74 Å². The van der Waals surface area contributed by atoms with Crippen LogP contribution in [0, 0.1) is 0 Å². The Hall–Kier alpha value is -3.30. The van der Waals surface area contributed by atoms with Crippen molar-refractivity contribution in [2.45, 2.75) is 24.6 Å². The van der Waals surface area contributed by atoms with Gasteiger partial charge in [-0.1, -0.05) is 0 Å². The molecule has 0 bridgehead atoms. The van der Waals surface area contributed by atoms with Crippen molar-refractivity contribution in [3.05, 3.63) is 48.2 Å². The standard InChI is InChI=1S/C19H17F3N4O3/c20-19(21,22)12-1-3-13(4-2-12)29-14-5-6-15(23-11-14)26-9-7-18(8-10-26)16(27)24-17(28)25-18/h1-6,11H,7-10H2,(H2,24,25,27,28). The van der Waals surface area contributed by atoms with Crippen LogP contribution in [-0.2, 0) is 11.0 Å². The third-order valence-corrected chi connectivity index (χ3v) is 5.09. The zero-order chi connectivity index (χ0) is 20.6. The molecule has 1 spiro atoms. The molecular weight excluding hydrogens is 389 g/mol. The van der Waals surface area contributed by atoms with Crippen molar-refractivity contribution in [2.24, 2.45) is 0 Å². The monoisotopic (exact) mass is 406 g/mol. The topological polar surface area (TPSA) is 83.6 Å². The molecule has 4 rings (SSSR count). The number of anilines is 1. The van der Waals surface area contributed by atoms with Gasteiger partial charge in [0.15, 0.2) is 0 Å². The first kappa shape index (κ1) is 19.0. The van der Waals surface area contributed by atoms with E-state index in [-0.39, 0.29) is 11.7 Å². The van der Waals surface area contributed by atoms with Crippen LogP contribution in [0.1, 0.15) is 18.4 Å². The number of imide groups is 1. The zero-order valence-corrected chi connectivity index (χ0v) is 15.1. The highest BCUT2D eigenvalue weighted by molar-refractivity contribution is 6.07. The van der Waals surface area contributed by atoms with Crippen LogP contribution >= 0.6 is 0 Å². The minimum Gasteiger partial charge on any atom is -0.456 e. The van der Waals surface area contributed by atoms with E-state index < -0.39 is 23.3 Å². The number of amides is 3. The Morgan fingerprint density at radius 1 is 1.00 bits per heavy atom. The Bertz CT molecular complexity index is 921. The van der Waals surface area contributed by atoms with Gasteiger partial charge in [-0.15, -0.1) is 0 Å². The second kappa shape index (κ2) is 6.94. The number of alkyl halides is 3. The third-order valence-electron chi connectivity index (χ3n) is 5.09. The number of halogens is 3. The lowest BCUT2D eigenvalue weighted by atomic mass is 9.88. The van der Waals surface area contributed by atoms with E-state index in [0.29, 0.717) is 37.5 Å². The molecule has 3 heterocycles. The van der Waals surface area contributed by atoms with Crippen LogP contribution in [0.5, 0.6) is 11.5 Å². The second-order valence-corrected chi connectivity index (χ2v) is 6.95. The van der Waals surface area contributed by atoms with Crippen LogP contribution in [0.3, 0.4) is 0 Å². The van der Waals surface area contributed by atoms with Crippen molar-refractivity contribution in [3.63, 3.8) is 0 Å². The Balaban J connectivity index is 1.37. The van der Waals surface area contributed by atoms with Crippen molar-refractivity contribution in [1.29, 1.82) is 0 Å². The molecule has 10 heteroatoms. The molecule has 0 unspecified atom stereocenters. The summed E-state index contributed by atoms with van der Waals surface area (Å²) in [5.41, 5.74) is -1.59. The van der Waals surface area contributed by atoms with Gasteiger partial charge in [-0.05, 0) is 49.2 Å². The Kier molecular flexibility index (Phi) is 4.56. The number of piperidine rings is 1. The largest absolute Gasteiger partial charge is 0.456 e. The lowest BCUT2D eigenvalue weighted by molar-refractivity contribution is -0.137. The summed E-state index contributed by atoms with van der Waals surface area (Å²) in [6.45, 7) is 1.08. The second-order valence-electron chi connectivity index (χ2n) is 6.95. The van der Waals surface area contributed by atoms with E-state index in [9.17, 15) is 22.8 Å². The number of benzene rings is 1. The Morgan fingerprint density at radius 3 is 2.17 bits per heavy atom. The third kappa shape index (κ3) is 3.82. The lowest BCUT2D eigenvalue weighted by Crippen LogP contribution is -2.55. The van der Waals surface area contributed by atoms with Crippen LogP contribution in [0.15, 0.2) is 42.6 Å². The minimum absolute atomic E-state index is 0.274. The number of urea groups is 1. The van der Waals surface area contributed by atoms with Gasteiger partial charge in [0.25, 0.3) is 5.91 Å². The first-order valence-electron chi connectivity index (χ1n) is 8.95. The molecule has 1 aromatic carbocycles. The number of rotatable bonds is 3. The number of carbonyl (C=O) groups excluding carboxylic acids is 2. The Labute approximate surface area is 163 Å². The average Bonchev–Trinajstić information content (AvgIpc) is 2.96. The van der Waals surface area contributed by atoms with Crippen molar-refractivity contribution >= 4 is 17.8 Å². The number of aromatic nitrogens is 1. The van der Waals surface area contributed by atoms with Crippen molar-refractivity contribution in [2.75, 3.05) is 18.0 Å².